The molecule has 2 rings (SSSR count). The average Bonchev–Trinajstić information content (AvgIpc) is 2.40. The molecule has 1 aromatic rings. The maximum atomic E-state index is 5.66. The standard InChI is InChI=1S/C12H20N4O2/c1-3-17-12-4-11(14-8-15-12)16-6-10(5-13)18-7-9(16)2/h4,8-10H,3,5-7,13H2,1-2H3. The van der Waals surface area contributed by atoms with Crippen molar-refractivity contribution in [2.75, 3.05) is 31.2 Å². The number of nitrogens with two attached hydrogens (primary N) is 1. The fraction of sp³-hybridized carbons (Fsp3) is 0.667. The van der Waals surface area contributed by atoms with E-state index >= 15 is 0 Å². The summed E-state index contributed by atoms with van der Waals surface area (Å²) in [7, 11) is 0. The average molecular weight is 252 g/mol. The molecule has 0 aromatic carbocycles. The van der Waals surface area contributed by atoms with Gasteiger partial charge in [0.25, 0.3) is 0 Å². The number of hydrogen-bond acceptors (Lipinski definition) is 6. The maximum Gasteiger partial charge on any atom is 0.218 e. The molecule has 2 atom stereocenters. The molecule has 100 valence electrons. The van der Waals surface area contributed by atoms with Gasteiger partial charge in [0.15, 0.2) is 0 Å². The molecule has 18 heavy (non-hydrogen) atoms. The number of aromatic nitrogens is 2. The summed E-state index contributed by atoms with van der Waals surface area (Å²) in [5.41, 5.74) is 5.66. The van der Waals surface area contributed by atoms with E-state index in [2.05, 4.69) is 21.8 Å². The lowest BCUT2D eigenvalue weighted by atomic mass is 10.2. The van der Waals surface area contributed by atoms with Gasteiger partial charge < -0.3 is 20.1 Å². The molecular weight excluding hydrogens is 232 g/mol. The third kappa shape index (κ3) is 2.88. The predicted molar refractivity (Wildman–Crippen MR) is 68.8 cm³/mol. The largest absolute Gasteiger partial charge is 0.478 e. The third-order valence-corrected chi connectivity index (χ3v) is 2.98. The summed E-state index contributed by atoms with van der Waals surface area (Å²) in [5, 5.41) is 0. The van der Waals surface area contributed by atoms with Crippen LogP contribution in [0.5, 0.6) is 5.88 Å². The van der Waals surface area contributed by atoms with Crippen LogP contribution in [0.3, 0.4) is 0 Å². The minimum atomic E-state index is 0.0618. The molecule has 1 aliphatic heterocycles. The molecular formula is C12H20N4O2. The van der Waals surface area contributed by atoms with E-state index in [4.69, 9.17) is 15.2 Å². The summed E-state index contributed by atoms with van der Waals surface area (Å²) < 4.78 is 11.0. The third-order valence-electron chi connectivity index (χ3n) is 2.98. The lowest BCUT2D eigenvalue weighted by Crippen LogP contribution is -2.51. The zero-order valence-electron chi connectivity index (χ0n) is 10.9. The van der Waals surface area contributed by atoms with E-state index in [1.165, 1.54) is 6.33 Å². The van der Waals surface area contributed by atoms with Crippen molar-refractivity contribution < 1.29 is 9.47 Å². The second-order valence-corrected chi connectivity index (χ2v) is 4.34. The second-order valence-electron chi connectivity index (χ2n) is 4.34. The molecule has 0 amide bonds. The molecule has 0 aliphatic carbocycles. The Labute approximate surface area is 107 Å². The van der Waals surface area contributed by atoms with E-state index in [1.807, 2.05) is 13.0 Å². The van der Waals surface area contributed by atoms with Crippen molar-refractivity contribution in [3.05, 3.63) is 12.4 Å². The van der Waals surface area contributed by atoms with Crippen LogP contribution in [0, 0.1) is 0 Å². The molecule has 0 spiro atoms. The Kier molecular flexibility index (Phi) is 4.33. The molecule has 2 N–H and O–H groups in total. The fourth-order valence-electron chi connectivity index (χ4n) is 1.99. The highest BCUT2D eigenvalue weighted by molar-refractivity contribution is 5.42. The molecule has 0 radical (unpaired) electrons. The highest BCUT2D eigenvalue weighted by atomic mass is 16.5. The number of anilines is 1. The molecule has 2 unspecified atom stereocenters. The van der Waals surface area contributed by atoms with Gasteiger partial charge in [-0.05, 0) is 13.8 Å². The van der Waals surface area contributed by atoms with Crippen LogP contribution < -0.4 is 15.4 Å². The molecule has 0 saturated carbocycles. The summed E-state index contributed by atoms with van der Waals surface area (Å²) in [6.45, 7) is 6.57. The van der Waals surface area contributed by atoms with Gasteiger partial charge in [0, 0.05) is 19.2 Å². The van der Waals surface area contributed by atoms with Crippen molar-refractivity contribution in [2.24, 2.45) is 5.73 Å². The first-order valence-electron chi connectivity index (χ1n) is 6.27. The SMILES string of the molecule is CCOc1cc(N2CC(CN)OCC2C)ncn1. The summed E-state index contributed by atoms with van der Waals surface area (Å²) in [6, 6.07) is 2.14. The summed E-state index contributed by atoms with van der Waals surface area (Å²) in [6.07, 6.45) is 1.59. The van der Waals surface area contributed by atoms with E-state index in [-0.39, 0.29) is 12.1 Å². The minimum absolute atomic E-state index is 0.0618. The lowest BCUT2D eigenvalue weighted by molar-refractivity contribution is 0.0279. The van der Waals surface area contributed by atoms with Crippen LogP contribution in [0.4, 0.5) is 5.82 Å². The van der Waals surface area contributed by atoms with Crippen molar-refractivity contribution >= 4 is 5.82 Å². The van der Waals surface area contributed by atoms with E-state index < -0.39 is 0 Å². The highest BCUT2D eigenvalue weighted by Gasteiger charge is 2.26. The van der Waals surface area contributed by atoms with Gasteiger partial charge in [0.1, 0.15) is 12.1 Å². The van der Waals surface area contributed by atoms with Gasteiger partial charge in [-0.3, -0.25) is 0 Å². The monoisotopic (exact) mass is 252 g/mol. The number of morpholine rings is 1. The van der Waals surface area contributed by atoms with Crippen molar-refractivity contribution in [3.63, 3.8) is 0 Å². The first kappa shape index (κ1) is 13.0. The number of ether oxygens (including phenoxy) is 2. The Morgan fingerprint density at radius 1 is 1.56 bits per heavy atom. The second kappa shape index (κ2) is 5.97. The van der Waals surface area contributed by atoms with Crippen molar-refractivity contribution in [1.29, 1.82) is 0 Å². The zero-order chi connectivity index (χ0) is 13.0. The van der Waals surface area contributed by atoms with Gasteiger partial charge >= 0.3 is 0 Å². The number of hydrogen-bond donors (Lipinski definition) is 1. The molecule has 1 aromatic heterocycles. The van der Waals surface area contributed by atoms with Crippen molar-refractivity contribution in [1.82, 2.24) is 9.97 Å². The summed E-state index contributed by atoms with van der Waals surface area (Å²) in [5.74, 6) is 1.47. The van der Waals surface area contributed by atoms with E-state index in [0.29, 0.717) is 25.6 Å². The Bertz CT molecular complexity index is 388. The van der Waals surface area contributed by atoms with Gasteiger partial charge in [0.2, 0.25) is 5.88 Å². The highest BCUT2D eigenvalue weighted by Crippen LogP contribution is 2.21. The first-order valence-corrected chi connectivity index (χ1v) is 6.27. The normalized spacial score (nSPS) is 24.1. The molecule has 1 fully saturated rings. The smallest absolute Gasteiger partial charge is 0.218 e. The van der Waals surface area contributed by atoms with Crippen molar-refractivity contribution in [3.8, 4) is 5.88 Å². The Hall–Kier alpha value is -1.40. The van der Waals surface area contributed by atoms with E-state index in [9.17, 15) is 0 Å². The predicted octanol–water partition coefficient (Wildman–Crippen LogP) is 0.428. The van der Waals surface area contributed by atoms with Gasteiger partial charge in [-0.25, -0.2) is 9.97 Å². The van der Waals surface area contributed by atoms with Crippen LogP contribution in [0.15, 0.2) is 12.4 Å². The van der Waals surface area contributed by atoms with E-state index in [1.54, 1.807) is 0 Å². The minimum Gasteiger partial charge on any atom is -0.478 e. The molecule has 0 bridgehead atoms. The molecule has 1 aliphatic rings. The Morgan fingerprint density at radius 3 is 3.11 bits per heavy atom. The van der Waals surface area contributed by atoms with Gasteiger partial charge in [-0.1, -0.05) is 0 Å². The Morgan fingerprint density at radius 2 is 2.39 bits per heavy atom. The van der Waals surface area contributed by atoms with Crippen LogP contribution in [-0.4, -0.2) is 48.4 Å². The fourth-order valence-corrected chi connectivity index (χ4v) is 1.99. The van der Waals surface area contributed by atoms with Gasteiger partial charge in [-0.15, -0.1) is 0 Å². The summed E-state index contributed by atoms with van der Waals surface area (Å²) in [4.78, 5) is 10.6. The van der Waals surface area contributed by atoms with Gasteiger partial charge in [0.05, 0.1) is 25.4 Å². The first-order chi connectivity index (χ1) is 8.74. The molecule has 2 heterocycles. The van der Waals surface area contributed by atoms with Crippen LogP contribution in [0.1, 0.15) is 13.8 Å². The Balaban J connectivity index is 2.15. The van der Waals surface area contributed by atoms with Crippen LogP contribution >= 0.6 is 0 Å². The van der Waals surface area contributed by atoms with E-state index in [0.717, 1.165) is 12.4 Å². The summed E-state index contributed by atoms with van der Waals surface area (Å²) >= 11 is 0. The van der Waals surface area contributed by atoms with Gasteiger partial charge in [-0.2, -0.15) is 0 Å². The number of rotatable bonds is 4. The zero-order valence-corrected chi connectivity index (χ0v) is 10.9. The topological polar surface area (TPSA) is 73.5 Å². The van der Waals surface area contributed by atoms with Crippen LogP contribution in [0.2, 0.25) is 0 Å². The maximum absolute atomic E-state index is 5.66. The van der Waals surface area contributed by atoms with Crippen LogP contribution in [-0.2, 0) is 4.74 Å². The molecule has 6 nitrogen and oxygen atoms in total. The lowest BCUT2D eigenvalue weighted by Gasteiger charge is -2.38. The van der Waals surface area contributed by atoms with Crippen LogP contribution in [0.25, 0.3) is 0 Å². The quantitative estimate of drug-likeness (QED) is 0.837. The number of nitrogens with zero attached hydrogens (tertiary/aromatic N) is 3. The van der Waals surface area contributed by atoms with Crippen molar-refractivity contribution in [2.45, 2.75) is 26.0 Å². The molecule has 1 saturated heterocycles. The molecule has 6 heteroatoms.